The monoisotopic (exact) mass is 302 g/mol. The van der Waals surface area contributed by atoms with Crippen LogP contribution in [-0.4, -0.2) is 43.2 Å². The molecule has 1 unspecified atom stereocenters. The Bertz CT molecular complexity index is 785. The molecule has 1 atom stereocenters. The van der Waals surface area contributed by atoms with Crippen molar-refractivity contribution >= 4 is 16.9 Å². The van der Waals surface area contributed by atoms with E-state index in [0.29, 0.717) is 24.1 Å². The minimum atomic E-state index is -0.296. The first-order chi connectivity index (χ1) is 10.5. The van der Waals surface area contributed by atoms with Gasteiger partial charge in [-0.2, -0.15) is 10.4 Å². The molecule has 0 saturated carbocycles. The highest BCUT2D eigenvalue weighted by Crippen LogP contribution is 2.04. The fraction of sp³-hybridized carbons (Fsp3) is 0.500. The van der Waals surface area contributed by atoms with Crippen LogP contribution in [0.2, 0.25) is 0 Å². The Labute approximate surface area is 127 Å². The normalized spacial score (nSPS) is 12.1. The van der Waals surface area contributed by atoms with Crippen LogP contribution in [0.25, 0.3) is 11.0 Å². The second-order valence-corrected chi connectivity index (χ2v) is 5.15. The zero-order valence-electron chi connectivity index (χ0n) is 12.9. The zero-order valence-corrected chi connectivity index (χ0v) is 12.9. The molecule has 0 N–H and O–H groups in total. The van der Waals surface area contributed by atoms with Gasteiger partial charge in [0.05, 0.1) is 18.2 Å². The van der Waals surface area contributed by atoms with Crippen LogP contribution in [0.3, 0.4) is 0 Å². The summed E-state index contributed by atoms with van der Waals surface area (Å²) >= 11 is 0. The third kappa shape index (κ3) is 2.98. The Morgan fingerprint density at radius 2 is 2.27 bits per heavy atom. The van der Waals surface area contributed by atoms with Crippen molar-refractivity contribution in [2.45, 2.75) is 20.4 Å². The molecular formula is C14H18N6O2. The van der Waals surface area contributed by atoms with Gasteiger partial charge in [-0.25, -0.2) is 4.98 Å². The van der Waals surface area contributed by atoms with Gasteiger partial charge >= 0.3 is 0 Å². The van der Waals surface area contributed by atoms with Gasteiger partial charge in [0.2, 0.25) is 5.91 Å². The molecule has 2 heterocycles. The summed E-state index contributed by atoms with van der Waals surface area (Å²) in [7, 11) is 1.70. The molecule has 8 heteroatoms. The average molecular weight is 302 g/mol. The van der Waals surface area contributed by atoms with Crippen LogP contribution in [0, 0.1) is 17.2 Å². The van der Waals surface area contributed by atoms with E-state index in [0.717, 1.165) is 0 Å². The van der Waals surface area contributed by atoms with Crippen molar-refractivity contribution in [1.82, 2.24) is 24.2 Å². The molecule has 0 aliphatic carbocycles. The first-order valence-corrected chi connectivity index (χ1v) is 7.02. The third-order valence-corrected chi connectivity index (χ3v) is 3.47. The van der Waals surface area contributed by atoms with E-state index in [4.69, 9.17) is 5.26 Å². The summed E-state index contributed by atoms with van der Waals surface area (Å²) in [5.41, 5.74) is 0.190. The summed E-state index contributed by atoms with van der Waals surface area (Å²) in [4.78, 5) is 30.3. The summed E-state index contributed by atoms with van der Waals surface area (Å²) in [5.74, 6) is -0.462. The first-order valence-electron chi connectivity index (χ1n) is 7.02. The molecule has 22 heavy (non-hydrogen) atoms. The molecule has 0 aliphatic rings. The number of carbonyl (C=O) groups excluding carboxylic acids is 1. The number of hydrogen-bond donors (Lipinski definition) is 0. The van der Waals surface area contributed by atoms with Crippen LogP contribution in [0.4, 0.5) is 0 Å². The van der Waals surface area contributed by atoms with E-state index in [1.54, 1.807) is 18.9 Å². The van der Waals surface area contributed by atoms with Gasteiger partial charge in [0, 0.05) is 20.1 Å². The highest BCUT2D eigenvalue weighted by Gasteiger charge is 2.17. The molecule has 0 spiro atoms. The van der Waals surface area contributed by atoms with Crippen LogP contribution in [0.1, 0.15) is 13.8 Å². The van der Waals surface area contributed by atoms with Crippen LogP contribution in [0.5, 0.6) is 0 Å². The third-order valence-electron chi connectivity index (χ3n) is 3.47. The van der Waals surface area contributed by atoms with Crippen LogP contribution in [-0.2, 0) is 18.4 Å². The van der Waals surface area contributed by atoms with Gasteiger partial charge in [-0.15, -0.1) is 0 Å². The number of fused-ring (bicyclic) bond motifs is 1. The number of rotatable bonds is 5. The van der Waals surface area contributed by atoms with E-state index in [-0.39, 0.29) is 23.9 Å². The van der Waals surface area contributed by atoms with Crippen molar-refractivity contribution in [3.63, 3.8) is 0 Å². The first kappa shape index (κ1) is 15.7. The summed E-state index contributed by atoms with van der Waals surface area (Å²) in [6.07, 6.45) is 2.80. The number of aryl methyl sites for hydroxylation is 1. The topological polar surface area (TPSA) is 96.8 Å². The van der Waals surface area contributed by atoms with Gasteiger partial charge in [-0.05, 0) is 13.8 Å². The maximum atomic E-state index is 12.3. The lowest BCUT2D eigenvalue weighted by Crippen LogP contribution is -2.38. The highest BCUT2D eigenvalue weighted by atomic mass is 16.2. The van der Waals surface area contributed by atoms with Crippen molar-refractivity contribution in [3.05, 3.63) is 22.9 Å². The molecule has 0 bridgehead atoms. The lowest BCUT2D eigenvalue weighted by atomic mass is 10.2. The van der Waals surface area contributed by atoms with Gasteiger partial charge in [0.15, 0.2) is 5.65 Å². The van der Waals surface area contributed by atoms with E-state index in [9.17, 15) is 9.59 Å². The Hall–Kier alpha value is -2.69. The molecule has 2 aromatic rings. The molecule has 1 amide bonds. The van der Waals surface area contributed by atoms with Crippen LogP contribution in [0.15, 0.2) is 17.3 Å². The second-order valence-electron chi connectivity index (χ2n) is 5.15. The lowest BCUT2D eigenvalue weighted by molar-refractivity contribution is -0.132. The van der Waals surface area contributed by atoms with Crippen LogP contribution >= 0.6 is 0 Å². The number of hydrogen-bond acceptors (Lipinski definition) is 5. The Morgan fingerprint density at radius 1 is 1.55 bits per heavy atom. The van der Waals surface area contributed by atoms with Crippen LogP contribution < -0.4 is 5.56 Å². The van der Waals surface area contributed by atoms with Gasteiger partial charge < -0.3 is 4.90 Å². The fourth-order valence-electron chi connectivity index (χ4n) is 2.20. The predicted octanol–water partition coefficient (Wildman–Crippen LogP) is 0.138. The Kier molecular flexibility index (Phi) is 4.56. The smallest absolute Gasteiger partial charge is 0.264 e. The minimum Gasteiger partial charge on any atom is -0.340 e. The molecular weight excluding hydrogens is 284 g/mol. The summed E-state index contributed by atoms with van der Waals surface area (Å²) < 4.78 is 2.78. The largest absolute Gasteiger partial charge is 0.340 e. The van der Waals surface area contributed by atoms with Crippen molar-refractivity contribution in [2.24, 2.45) is 13.0 Å². The number of nitriles is 1. The maximum absolute atomic E-state index is 12.3. The standard InChI is InChI=1S/C14H18N6O2/c1-4-19(7-10(2)5-15)12(21)8-20-9-16-13-11(14(20)22)6-17-18(13)3/h6,9-10H,4,7-8H2,1-3H3. The van der Waals surface area contributed by atoms with Gasteiger partial charge in [-0.3, -0.25) is 18.8 Å². The number of nitrogens with zero attached hydrogens (tertiary/aromatic N) is 6. The van der Waals surface area contributed by atoms with Gasteiger partial charge in [0.1, 0.15) is 18.3 Å². The second kappa shape index (κ2) is 6.39. The number of aromatic nitrogens is 4. The SMILES string of the molecule is CCN(CC(C)C#N)C(=O)Cn1cnc2c(cnn2C)c1=O. The molecule has 0 aliphatic heterocycles. The van der Waals surface area contributed by atoms with E-state index in [1.165, 1.54) is 21.8 Å². The lowest BCUT2D eigenvalue weighted by Gasteiger charge is -2.22. The molecule has 0 aromatic carbocycles. The molecule has 0 radical (unpaired) electrons. The maximum Gasteiger partial charge on any atom is 0.264 e. The fourth-order valence-corrected chi connectivity index (χ4v) is 2.20. The molecule has 2 aromatic heterocycles. The quantitative estimate of drug-likeness (QED) is 0.782. The van der Waals surface area contributed by atoms with Crippen molar-refractivity contribution in [1.29, 1.82) is 5.26 Å². The molecule has 0 saturated heterocycles. The van der Waals surface area contributed by atoms with Crippen molar-refractivity contribution in [3.8, 4) is 6.07 Å². The van der Waals surface area contributed by atoms with Gasteiger partial charge in [-0.1, -0.05) is 0 Å². The molecule has 2 rings (SSSR count). The van der Waals surface area contributed by atoms with Crippen molar-refractivity contribution in [2.75, 3.05) is 13.1 Å². The van der Waals surface area contributed by atoms with E-state index in [2.05, 4.69) is 16.2 Å². The zero-order chi connectivity index (χ0) is 16.3. The van der Waals surface area contributed by atoms with E-state index < -0.39 is 0 Å². The summed E-state index contributed by atoms with van der Waals surface area (Å²) in [6.45, 7) is 4.34. The highest BCUT2D eigenvalue weighted by molar-refractivity contribution is 5.77. The number of likely N-dealkylation sites (N-methyl/N-ethyl adjacent to an activating group) is 1. The summed E-state index contributed by atoms with van der Waals surface area (Å²) in [5, 5.41) is 13.2. The number of amides is 1. The Morgan fingerprint density at radius 3 is 2.91 bits per heavy atom. The number of carbonyl (C=O) groups is 1. The van der Waals surface area contributed by atoms with E-state index >= 15 is 0 Å². The van der Waals surface area contributed by atoms with Gasteiger partial charge in [0.25, 0.3) is 5.56 Å². The molecule has 116 valence electrons. The Balaban J connectivity index is 2.23. The average Bonchev–Trinajstić information content (AvgIpc) is 2.89. The van der Waals surface area contributed by atoms with E-state index in [1.807, 2.05) is 6.92 Å². The summed E-state index contributed by atoms with van der Waals surface area (Å²) in [6, 6.07) is 2.10. The predicted molar refractivity (Wildman–Crippen MR) is 79.8 cm³/mol. The van der Waals surface area contributed by atoms with Crippen molar-refractivity contribution < 1.29 is 4.79 Å². The molecule has 8 nitrogen and oxygen atoms in total. The molecule has 0 fully saturated rings. The minimum absolute atomic E-state index is 0.0946.